The summed E-state index contributed by atoms with van der Waals surface area (Å²) in [6, 6.07) is 0.507. The summed E-state index contributed by atoms with van der Waals surface area (Å²) in [6.07, 6.45) is 7.90. The molecule has 3 aliphatic carbocycles. The molecule has 0 aromatic carbocycles. The van der Waals surface area contributed by atoms with Crippen LogP contribution < -0.4 is 0 Å². The molecule has 5 nitrogen and oxygen atoms in total. The minimum absolute atomic E-state index is 0.272. The van der Waals surface area contributed by atoms with Crippen LogP contribution in [-0.4, -0.2) is 60.1 Å². The number of nitrogens with zero attached hydrogens (tertiary/aromatic N) is 1. The van der Waals surface area contributed by atoms with E-state index in [1.807, 2.05) is 0 Å². The Morgan fingerprint density at radius 2 is 1.96 bits per heavy atom. The summed E-state index contributed by atoms with van der Waals surface area (Å²) < 4.78 is 16.9. The Kier molecular flexibility index (Phi) is 5.03. The van der Waals surface area contributed by atoms with E-state index in [0.717, 1.165) is 50.4 Å². The summed E-state index contributed by atoms with van der Waals surface area (Å²) in [5, 5.41) is 10.4. The third-order valence-corrected chi connectivity index (χ3v) is 8.35. The minimum Gasteiger partial charge on any atom is -0.508 e. The van der Waals surface area contributed by atoms with Crippen molar-refractivity contribution in [1.29, 1.82) is 0 Å². The van der Waals surface area contributed by atoms with Crippen molar-refractivity contribution in [3.05, 3.63) is 22.7 Å². The molecule has 150 valence electrons. The van der Waals surface area contributed by atoms with Gasteiger partial charge in [-0.15, -0.1) is 0 Å². The molecule has 5 atom stereocenters. The number of halogens is 1. The van der Waals surface area contributed by atoms with Gasteiger partial charge in [-0.1, -0.05) is 21.5 Å². The summed E-state index contributed by atoms with van der Waals surface area (Å²) in [5.41, 5.74) is 3.01. The van der Waals surface area contributed by atoms with Gasteiger partial charge >= 0.3 is 0 Å². The first kappa shape index (κ1) is 18.5. The number of aliphatic hydroxyl groups is 1. The minimum atomic E-state index is 0.272. The lowest BCUT2D eigenvalue weighted by Crippen LogP contribution is -2.49. The molecular weight excluding hydrogens is 410 g/mol. The van der Waals surface area contributed by atoms with Gasteiger partial charge in [0.15, 0.2) is 0 Å². The van der Waals surface area contributed by atoms with Gasteiger partial charge in [0, 0.05) is 36.8 Å². The van der Waals surface area contributed by atoms with E-state index in [1.54, 1.807) is 7.11 Å². The van der Waals surface area contributed by atoms with E-state index in [9.17, 15) is 5.11 Å². The zero-order valence-corrected chi connectivity index (χ0v) is 17.6. The van der Waals surface area contributed by atoms with Gasteiger partial charge in [0.1, 0.15) is 18.3 Å². The zero-order valence-electron chi connectivity index (χ0n) is 16.0. The number of fused-ring (bicyclic) bond motifs is 1. The van der Waals surface area contributed by atoms with E-state index in [0.29, 0.717) is 35.8 Å². The molecule has 1 N–H and O–H groups in total. The number of aliphatic hydroxyl groups excluding tert-OH is 1. The highest BCUT2D eigenvalue weighted by Gasteiger charge is 2.45. The third-order valence-electron chi connectivity index (χ3n) is 7.23. The monoisotopic (exact) mass is 439 g/mol. The summed E-state index contributed by atoms with van der Waals surface area (Å²) in [7, 11) is 1.67. The van der Waals surface area contributed by atoms with E-state index in [2.05, 4.69) is 20.8 Å². The Labute approximate surface area is 169 Å². The van der Waals surface area contributed by atoms with Crippen molar-refractivity contribution in [2.45, 2.75) is 68.0 Å². The number of hydrogen-bond donors (Lipinski definition) is 1. The van der Waals surface area contributed by atoms with Crippen molar-refractivity contribution in [3.8, 4) is 0 Å². The molecule has 6 heteroatoms. The average molecular weight is 440 g/mol. The number of methoxy groups -OCH3 is 1. The summed E-state index contributed by atoms with van der Waals surface area (Å²) in [5.74, 6) is 2.58. The van der Waals surface area contributed by atoms with Crippen molar-refractivity contribution in [2.24, 2.45) is 11.8 Å². The van der Waals surface area contributed by atoms with Crippen LogP contribution in [0.3, 0.4) is 0 Å². The van der Waals surface area contributed by atoms with Gasteiger partial charge in [-0.05, 0) is 49.5 Å². The van der Waals surface area contributed by atoms with E-state index < -0.39 is 0 Å². The molecule has 0 amide bonds. The first-order valence-corrected chi connectivity index (χ1v) is 11.3. The molecule has 2 aliphatic heterocycles. The first-order chi connectivity index (χ1) is 13.1. The van der Waals surface area contributed by atoms with E-state index in [1.165, 1.54) is 24.0 Å². The van der Waals surface area contributed by atoms with Crippen LogP contribution in [0.15, 0.2) is 22.7 Å². The number of rotatable bonds is 4. The van der Waals surface area contributed by atoms with Crippen molar-refractivity contribution >= 4 is 15.9 Å². The molecule has 0 spiro atoms. The summed E-state index contributed by atoms with van der Waals surface area (Å²) >= 11 is 3.95. The Morgan fingerprint density at radius 1 is 1.19 bits per heavy atom. The topological polar surface area (TPSA) is 51.2 Å². The zero-order chi connectivity index (χ0) is 18.5. The van der Waals surface area contributed by atoms with Crippen LogP contribution in [0.1, 0.15) is 44.9 Å². The van der Waals surface area contributed by atoms with E-state index in [-0.39, 0.29) is 12.2 Å². The SMILES string of the molecule is COC1=C(O)CC2=C(CCN(CC3CC4OCOC4CC3Br)C2C2CC2)C1. The van der Waals surface area contributed by atoms with Gasteiger partial charge in [0.2, 0.25) is 0 Å². The van der Waals surface area contributed by atoms with Crippen LogP contribution in [0.4, 0.5) is 0 Å². The summed E-state index contributed by atoms with van der Waals surface area (Å²) in [4.78, 5) is 3.21. The highest BCUT2D eigenvalue weighted by molar-refractivity contribution is 9.09. The molecule has 5 unspecified atom stereocenters. The lowest BCUT2D eigenvalue weighted by molar-refractivity contribution is 0.0374. The Bertz CT molecular complexity index is 659. The van der Waals surface area contributed by atoms with Crippen LogP contribution in [0.5, 0.6) is 0 Å². The average Bonchev–Trinajstić information content (AvgIpc) is 3.40. The maximum Gasteiger partial charge on any atom is 0.147 e. The number of ether oxygens (including phenoxy) is 3. The van der Waals surface area contributed by atoms with Crippen molar-refractivity contribution in [2.75, 3.05) is 27.0 Å². The predicted molar refractivity (Wildman–Crippen MR) is 106 cm³/mol. The largest absolute Gasteiger partial charge is 0.508 e. The second-order valence-electron chi connectivity index (χ2n) is 8.86. The number of allylic oxidation sites excluding steroid dienone is 2. The fourth-order valence-corrected chi connectivity index (χ4v) is 6.37. The lowest BCUT2D eigenvalue weighted by atomic mass is 9.80. The van der Waals surface area contributed by atoms with Crippen LogP contribution in [0.25, 0.3) is 0 Å². The maximum absolute atomic E-state index is 10.4. The molecule has 1 saturated heterocycles. The predicted octanol–water partition coefficient (Wildman–Crippen LogP) is 3.89. The molecule has 0 bridgehead atoms. The van der Waals surface area contributed by atoms with Gasteiger partial charge in [-0.3, -0.25) is 4.90 Å². The number of hydrogen-bond acceptors (Lipinski definition) is 5. The van der Waals surface area contributed by atoms with Crippen molar-refractivity contribution in [1.82, 2.24) is 4.90 Å². The second kappa shape index (κ2) is 7.36. The summed E-state index contributed by atoms with van der Waals surface area (Å²) in [6.45, 7) is 2.70. The van der Waals surface area contributed by atoms with Crippen molar-refractivity contribution in [3.63, 3.8) is 0 Å². The van der Waals surface area contributed by atoms with E-state index >= 15 is 0 Å². The molecule has 3 fully saturated rings. The van der Waals surface area contributed by atoms with Crippen LogP contribution in [-0.2, 0) is 14.2 Å². The highest BCUT2D eigenvalue weighted by atomic mass is 79.9. The second-order valence-corrected chi connectivity index (χ2v) is 10.0. The normalized spacial score (nSPS) is 40.1. The molecule has 5 aliphatic rings. The van der Waals surface area contributed by atoms with Gasteiger partial charge in [-0.25, -0.2) is 0 Å². The molecule has 0 aromatic heterocycles. The Balaban J connectivity index is 1.33. The standard InChI is InChI=1S/C21H30BrNO4/c1-25-18-6-13-4-5-23(21(12-2-3-12)15(13)8-17(18)24)10-14-7-19-20(9-16(14)22)27-11-26-19/h12,14,16,19-21,24H,2-11H2,1H3. The van der Waals surface area contributed by atoms with Crippen LogP contribution in [0.2, 0.25) is 0 Å². The maximum atomic E-state index is 10.4. The molecule has 5 rings (SSSR count). The fourth-order valence-electron chi connectivity index (χ4n) is 5.62. The smallest absolute Gasteiger partial charge is 0.147 e. The highest BCUT2D eigenvalue weighted by Crippen LogP contribution is 2.47. The quantitative estimate of drug-likeness (QED) is 0.531. The molecule has 0 aromatic rings. The van der Waals surface area contributed by atoms with Crippen LogP contribution >= 0.6 is 15.9 Å². The number of alkyl halides is 1. The fraction of sp³-hybridized carbons (Fsp3) is 0.810. The molecule has 2 saturated carbocycles. The third kappa shape index (κ3) is 3.47. The Hall–Kier alpha value is -0.560. The molecule has 2 heterocycles. The first-order valence-electron chi connectivity index (χ1n) is 10.4. The lowest BCUT2D eigenvalue weighted by Gasteiger charge is -2.44. The van der Waals surface area contributed by atoms with Gasteiger partial charge in [0.05, 0.1) is 19.3 Å². The van der Waals surface area contributed by atoms with E-state index in [4.69, 9.17) is 14.2 Å². The molecule has 0 radical (unpaired) electrons. The van der Waals surface area contributed by atoms with Gasteiger partial charge in [-0.2, -0.15) is 0 Å². The van der Waals surface area contributed by atoms with Gasteiger partial charge < -0.3 is 19.3 Å². The molecule has 27 heavy (non-hydrogen) atoms. The van der Waals surface area contributed by atoms with Crippen LogP contribution in [0, 0.1) is 11.8 Å². The molecular formula is C21H30BrNO4. The Morgan fingerprint density at radius 3 is 2.70 bits per heavy atom. The van der Waals surface area contributed by atoms with Crippen molar-refractivity contribution < 1.29 is 19.3 Å². The van der Waals surface area contributed by atoms with Gasteiger partial charge in [0.25, 0.3) is 0 Å².